The number of anilines is 4. The van der Waals surface area contributed by atoms with E-state index in [0.29, 0.717) is 10.8 Å². The molecular formula is C15H18ClN5. The molecule has 3 rings (SSSR count). The Balaban J connectivity index is 1.73. The molecule has 0 amide bonds. The summed E-state index contributed by atoms with van der Waals surface area (Å²) in [6.07, 6.45) is 5.28. The zero-order chi connectivity index (χ0) is 14.7. The third kappa shape index (κ3) is 3.19. The quantitative estimate of drug-likeness (QED) is 0.909. The Morgan fingerprint density at radius 2 is 1.76 bits per heavy atom. The number of nitrogens with one attached hydrogen (secondary N) is 1. The number of piperidine rings is 1. The van der Waals surface area contributed by atoms with Gasteiger partial charge in [0.1, 0.15) is 17.2 Å². The maximum Gasteiger partial charge on any atom is 0.154 e. The van der Waals surface area contributed by atoms with Crippen molar-refractivity contribution in [3.8, 4) is 0 Å². The van der Waals surface area contributed by atoms with E-state index in [2.05, 4.69) is 32.3 Å². The first-order valence-corrected chi connectivity index (χ1v) is 7.50. The second kappa shape index (κ2) is 6.18. The van der Waals surface area contributed by atoms with Crippen molar-refractivity contribution in [3.05, 3.63) is 35.6 Å². The van der Waals surface area contributed by atoms with Crippen molar-refractivity contribution in [1.29, 1.82) is 0 Å². The summed E-state index contributed by atoms with van der Waals surface area (Å²) in [6, 6.07) is 8.29. The van der Waals surface area contributed by atoms with Crippen LogP contribution >= 0.6 is 11.6 Å². The van der Waals surface area contributed by atoms with Crippen LogP contribution in [0.2, 0.25) is 5.02 Å². The van der Waals surface area contributed by atoms with Gasteiger partial charge in [-0.05, 0) is 43.5 Å². The zero-order valence-electron chi connectivity index (χ0n) is 11.7. The van der Waals surface area contributed by atoms with E-state index in [4.69, 9.17) is 17.3 Å². The molecule has 110 valence electrons. The van der Waals surface area contributed by atoms with Gasteiger partial charge in [-0.25, -0.2) is 9.97 Å². The van der Waals surface area contributed by atoms with Crippen molar-refractivity contribution < 1.29 is 0 Å². The number of aromatic nitrogens is 2. The highest BCUT2D eigenvalue weighted by Gasteiger charge is 2.11. The summed E-state index contributed by atoms with van der Waals surface area (Å²) in [5.41, 5.74) is 7.85. The predicted molar refractivity (Wildman–Crippen MR) is 87.2 cm³/mol. The number of rotatable bonds is 3. The SMILES string of the molecule is Nc1ncnc(Nc2ccc(N3CCCCC3)cc2)c1Cl. The molecule has 0 radical (unpaired) electrons. The summed E-state index contributed by atoms with van der Waals surface area (Å²) in [6.45, 7) is 2.28. The molecule has 3 N–H and O–H groups in total. The molecule has 0 spiro atoms. The highest BCUT2D eigenvalue weighted by Crippen LogP contribution is 2.28. The fraction of sp³-hybridized carbons (Fsp3) is 0.333. The van der Waals surface area contributed by atoms with E-state index in [1.807, 2.05) is 12.1 Å². The van der Waals surface area contributed by atoms with E-state index in [1.54, 1.807) is 0 Å². The summed E-state index contributed by atoms with van der Waals surface area (Å²) in [4.78, 5) is 10.4. The molecule has 1 fully saturated rings. The monoisotopic (exact) mass is 303 g/mol. The van der Waals surface area contributed by atoms with E-state index < -0.39 is 0 Å². The molecule has 0 atom stereocenters. The average Bonchev–Trinajstić information content (AvgIpc) is 2.53. The Morgan fingerprint density at radius 3 is 2.48 bits per heavy atom. The highest BCUT2D eigenvalue weighted by atomic mass is 35.5. The number of nitrogens with zero attached hydrogens (tertiary/aromatic N) is 3. The zero-order valence-corrected chi connectivity index (χ0v) is 12.5. The molecule has 1 aliphatic heterocycles. The minimum atomic E-state index is 0.277. The largest absolute Gasteiger partial charge is 0.382 e. The molecule has 1 aromatic heterocycles. The first-order chi connectivity index (χ1) is 10.2. The van der Waals surface area contributed by atoms with Crippen LogP contribution in [0.3, 0.4) is 0 Å². The summed E-state index contributed by atoms with van der Waals surface area (Å²) >= 11 is 6.08. The number of benzene rings is 1. The van der Waals surface area contributed by atoms with Crippen LogP contribution in [0.25, 0.3) is 0 Å². The standard InChI is InChI=1S/C15H18ClN5/c16-13-14(17)18-10-19-15(13)20-11-4-6-12(7-5-11)21-8-2-1-3-9-21/h4-7,10H,1-3,8-9H2,(H3,17,18,19,20). The molecular weight excluding hydrogens is 286 g/mol. The lowest BCUT2D eigenvalue weighted by molar-refractivity contribution is 0.578. The van der Waals surface area contributed by atoms with Gasteiger partial charge in [0.05, 0.1) is 0 Å². The Kier molecular flexibility index (Phi) is 4.10. The van der Waals surface area contributed by atoms with Gasteiger partial charge in [-0.2, -0.15) is 0 Å². The maximum atomic E-state index is 6.08. The molecule has 6 heteroatoms. The molecule has 1 aromatic carbocycles. The number of halogens is 1. The smallest absolute Gasteiger partial charge is 0.154 e. The lowest BCUT2D eigenvalue weighted by atomic mass is 10.1. The third-order valence-corrected chi connectivity index (χ3v) is 4.04. The van der Waals surface area contributed by atoms with Gasteiger partial charge in [0.25, 0.3) is 0 Å². The Morgan fingerprint density at radius 1 is 1.05 bits per heavy atom. The molecule has 0 bridgehead atoms. The van der Waals surface area contributed by atoms with Crippen molar-refractivity contribution in [3.63, 3.8) is 0 Å². The number of nitrogens with two attached hydrogens (primary N) is 1. The minimum Gasteiger partial charge on any atom is -0.382 e. The number of hydrogen-bond acceptors (Lipinski definition) is 5. The molecule has 0 unspecified atom stereocenters. The van der Waals surface area contributed by atoms with Gasteiger partial charge in [-0.1, -0.05) is 11.6 Å². The minimum absolute atomic E-state index is 0.277. The van der Waals surface area contributed by atoms with Crippen LogP contribution < -0.4 is 16.0 Å². The topological polar surface area (TPSA) is 67.1 Å². The van der Waals surface area contributed by atoms with Crippen molar-refractivity contribution in [1.82, 2.24) is 9.97 Å². The van der Waals surface area contributed by atoms with E-state index in [9.17, 15) is 0 Å². The van der Waals surface area contributed by atoms with Crippen LogP contribution in [0, 0.1) is 0 Å². The Bertz CT molecular complexity index is 608. The third-order valence-electron chi connectivity index (χ3n) is 3.67. The normalized spacial score (nSPS) is 15.0. The lowest BCUT2D eigenvalue weighted by Crippen LogP contribution is -2.29. The molecule has 5 nitrogen and oxygen atoms in total. The predicted octanol–water partition coefficient (Wildman–Crippen LogP) is 3.45. The highest BCUT2D eigenvalue weighted by molar-refractivity contribution is 6.35. The maximum absolute atomic E-state index is 6.08. The van der Waals surface area contributed by atoms with Crippen LogP contribution in [0.15, 0.2) is 30.6 Å². The first-order valence-electron chi connectivity index (χ1n) is 7.12. The Labute approximate surface area is 129 Å². The van der Waals surface area contributed by atoms with E-state index >= 15 is 0 Å². The van der Waals surface area contributed by atoms with Crippen LogP contribution in [-0.4, -0.2) is 23.1 Å². The molecule has 21 heavy (non-hydrogen) atoms. The van der Waals surface area contributed by atoms with E-state index in [-0.39, 0.29) is 5.82 Å². The van der Waals surface area contributed by atoms with Gasteiger partial charge < -0.3 is 16.0 Å². The second-order valence-corrected chi connectivity index (χ2v) is 5.52. The second-order valence-electron chi connectivity index (χ2n) is 5.14. The van der Waals surface area contributed by atoms with E-state index in [1.165, 1.54) is 31.3 Å². The summed E-state index contributed by atoms with van der Waals surface area (Å²) in [5.74, 6) is 0.800. The van der Waals surface area contributed by atoms with Gasteiger partial charge in [0.2, 0.25) is 0 Å². The van der Waals surface area contributed by atoms with Gasteiger partial charge >= 0.3 is 0 Å². The Hall–Kier alpha value is -2.01. The van der Waals surface area contributed by atoms with Crippen molar-refractivity contribution in [2.45, 2.75) is 19.3 Å². The molecule has 2 aromatic rings. The number of hydrogen-bond donors (Lipinski definition) is 2. The average molecular weight is 304 g/mol. The molecule has 1 aliphatic rings. The van der Waals surface area contributed by atoms with Crippen LogP contribution in [0.4, 0.5) is 23.0 Å². The van der Waals surface area contributed by atoms with Crippen molar-refractivity contribution in [2.24, 2.45) is 0 Å². The van der Waals surface area contributed by atoms with Gasteiger partial charge in [-0.3, -0.25) is 0 Å². The van der Waals surface area contributed by atoms with E-state index in [0.717, 1.165) is 18.8 Å². The van der Waals surface area contributed by atoms with Gasteiger partial charge in [-0.15, -0.1) is 0 Å². The van der Waals surface area contributed by atoms with Crippen molar-refractivity contribution in [2.75, 3.05) is 29.0 Å². The molecule has 0 saturated carbocycles. The fourth-order valence-corrected chi connectivity index (χ4v) is 2.66. The lowest BCUT2D eigenvalue weighted by Gasteiger charge is -2.28. The summed E-state index contributed by atoms with van der Waals surface area (Å²) in [5, 5.41) is 3.51. The van der Waals surface area contributed by atoms with Crippen LogP contribution in [0.1, 0.15) is 19.3 Å². The first kappa shape index (κ1) is 13.9. The summed E-state index contributed by atoms with van der Waals surface area (Å²) in [7, 11) is 0. The molecule has 2 heterocycles. The van der Waals surface area contributed by atoms with Gasteiger partial charge in [0, 0.05) is 24.5 Å². The van der Waals surface area contributed by atoms with Crippen molar-refractivity contribution >= 4 is 34.6 Å². The number of nitrogen functional groups attached to an aromatic ring is 1. The van der Waals surface area contributed by atoms with Crippen LogP contribution in [0.5, 0.6) is 0 Å². The van der Waals surface area contributed by atoms with Crippen LogP contribution in [-0.2, 0) is 0 Å². The molecule has 1 saturated heterocycles. The van der Waals surface area contributed by atoms with Gasteiger partial charge in [0.15, 0.2) is 5.82 Å². The molecule has 0 aliphatic carbocycles. The fourth-order valence-electron chi connectivity index (χ4n) is 2.52. The summed E-state index contributed by atoms with van der Waals surface area (Å²) < 4.78 is 0.